The van der Waals surface area contributed by atoms with Crippen molar-refractivity contribution in [1.29, 1.82) is 0 Å². The van der Waals surface area contributed by atoms with E-state index in [1.54, 1.807) is 139 Å². The Bertz CT molecular complexity index is 2450. The number of benzene rings is 4. The first-order chi connectivity index (χ1) is 31.5. The highest BCUT2D eigenvalue weighted by molar-refractivity contribution is 7.90. The Morgan fingerprint density at radius 2 is 0.682 bits per heavy atom. The highest BCUT2D eigenvalue weighted by Crippen LogP contribution is 2.25. The molecule has 6 aromatic rings. The second kappa shape index (κ2) is 23.0. The standard InChI is InChI=1S/2C24H27N3O5S/c2*1-17-13-26-23(14-25-17)24(28)18(2)33(29,30)27(15-19-5-9-21(31-3)10-6-19)16-20-7-11-22(32-4)12-8-20/h2*5-14,18H,15-16H2,1-4H3/t2*18-/m10/s1. The SMILES string of the molecule is COc1ccc(CN(Cc2ccc(OC)cc2)S(=O)(=O)[C@@H](C)C(=O)c2cnc(C)cn2)cc1.COc1ccc(CN(Cc2ccc(OC)cc2)S(=O)(=O)[C@H](C)C(=O)c2cnc(C)cn2)cc1. The van der Waals surface area contributed by atoms with Gasteiger partial charge in [0.15, 0.2) is 0 Å². The number of hydrogen-bond donors (Lipinski definition) is 0. The lowest BCUT2D eigenvalue weighted by molar-refractivity contribution is 0.0975. The molecule has 0 spiro atoms. The van der Waals surface area contributed by atoms with Gasteiger partial charge in [-0.2, -0.15) is 8.61 Å². The molecule has 0 radical (unpaired) electrons. The van der Waals surface area contributed by atoms with E-state index in [0.29, 0.717) is 34.4 Å². The Labute approximate surface area is 386 Å². The van der Waals surface area contributed by atoms with Gasteiger partial charge in [0, 0.05) is 38.6 Å². The molecule has 348 valence electrons. The first-order valence-corrected chi connectivity index (χ1v) is 23.6. The second-order valence-corrected chi connectivity index (χ2v) is 19.6. The predicted molar refractivity (Wildman–Crippen MR) is 249 cm³/mol. The summed E-state index contributed by atoms with van der Waals surface area (Å²) in [6.45, 7) is 6.62. The third-order valence-corrected chi connectivity index (χ3v) is 14.7. The Hall–Kier alpha value is -6.60. The minimum atomic E-state index is -4.03. The van der Waals surface area contributed by atoms with Gasteiger partial charge in [-0.3, -0.25) is 19.6 Å². The summed E-state index contributed by atoms with van der Waals surface area (Å²) in [7, 11) is -1.80. The van der Waals surface area contributed by atoms with Gasteiger partial charge in [0.25, 0.3) is 0 Å². The molecule has 0 N–H and O–H groups in total. The van der Waals surface area contributed by atoms with Crippen LogP contribution in [0.2, 0.25) is 0 Å². The van der Waals surface area contributed by atoms with E-state index in [0.717, 1.165) is 22.3 Å². The summed E-state index contributed by atoms with van der Waals surface area (Å²) in [6, 6.07) is 28.5. The van der Waals surface area contributed by atoms with Gasteiger partial charge < -0.3 is 18.9 Å². The topological polar surface area (TPSA) is 197 Å². The van der Waals surface area contributed by atoms with Gasteiger partial charge in [-0.1, -0.05) is 48.5 Å². The van der Waals surface area contributed by atoms with Crippen LogP contribution in [0.4, 0.5) is 0 Å². The number of carbonyl (C=O) groups excluding carboxylic acids is 2. The molecule has 2 atom stereocenters. The summed E-state index contributed by atoms with van der Waals surface area (Å²) in [4.78, 5) is 42.1. The third-order valence-electron chi connectivity index (χ3n) is 10.5. The predicted octanol–water partition coefficient (Wildman–Crippen LogP) is 6.81. The molecule has 18 heteroatoms. The number of ether oxygens (including phenoxy) is 4. The van der Waals surface area contributed by atoms with Crippen LogP contribution in [0.25, 0.3) is 0 Å². The van der Waals surface area contributed by atoms with Crippen molar-refractivity contribution in [2.24, 2.45) is 0 Å². The average molecular weight is 939 g/mol. The van der Waals surface area contributed by atoms with Crippen LogP contribution < -0.4 is 18.9 Å². The minimum Gasteiger partial charge on any atom is -0.497 e. The quantitative estimate of drug-likeness (QED) is 0.0724. The van der Waals surface area contributed by atoms with Gasteiger partial charge in [0.05, 0.1) is 52.2 Å². The number of carbonyl (C=O) groups is 2. The minimum absolute atomic E-state index is 0.0190. The molecule has 0 aliphatic carbocycles. The van der Waals surface area contributed by atoms with E-state index < -0.39 is 42.1 Å². The van der Waals surface area contributed by atoms with Crippen LogP contribution in [0, 0.1) is 13.8 Å². The molecule has 4 aromatic carbocycles. The molecule has 0 saturated carbocycles. The molecule has 0 fully saturated rings. The number of Topliss-reactive ketones (excluding diaryl/α,β-unsaturated/α-hetero) is 2. The van der Waals surface area contributed by atoms with E-state index >= 15 is 0 Å². The van der Waals surface area contributed by atoms with Gasteiger partial charge in [-0.25, -0.2) is 26.8 Å². The zero-order valence-corrected chi connectivity index (χ0v) is 39.7. The van der Waals surface area contributed by atoms with Crippen LogP contribution >= 0.6 is 0 Å². The van der Waals surface area contributed by atoms with Crippen molar-refractivity contribution in [2.45, 2.75) is 64.4 Å². The molecule has 0 aliphatic rings. The monoisotopic (exact) mass is 938 g/mol. The molecule has 2 heterocycles. The maximum Gasteiger partial charge on any atom is 0.224 e. The second-order valence-electron chi connectivity index (χ2n) is 15.1. The lowest BCUT2D eigenvalue weighted by Crippen LogP contribution is -2.40. The molecule has 66 heavy (non-hydrogen) atoms. The van der Waals surface area contributed by atoms with E-state index in [9.17, 15) is 26.4 Å². The summed E-state index contributed by atoms with van der Waals surface area (Å²) in [5.41, 5.74) is 4.39. The van der Waals surface area contributed by atoms with Crippen LogP contribution in [0.15, 0.2) is 122 Å². The number of sulfonamides is 2. The smallest absolute Gasteiger partial charge is 0.224 e. The van der Waals surface area contributed by atoms with Gasteiger partial charge in [-0.05, 0) is 98.5 Å². The fourth-order valence-electron chi connectivity index (χ4n) is 6.38. The third kappa shape index (κ3) is 13.2. The molecular formula is C48H54N6O10S2. The van der Waals surface area contributed by atoms with Crippen molar-refractivity contribution >= 4 is 31.6 Å². The molecule has 0 amide bonds. The van der Waals surface area contributed by atoms with Crippen LogP contribution in [0.3, 0.4) is 0 Å². The summed E-state index contributed by atoms with van der Waals surface area (Å²) < 4.78 is 77.7. The molecule has 0 bridgehead atoms. The number of nitrogens with zero attached hydrogens (tertiary/aromatic N) is 6. The first kappa shape index (κ1) is 50.4. The van der Waals surface area contributed by atoms with E-state index in [2.05, 4.69) is 19.9 Å². The Kier molecular flexibility index (Phi) is 17.6. The number of hydrogen-bond acceptors (Lipinski definition) is 14. The van der Waals surface area contributed by atoms with Crippen LogP contribution in [0.1, 0.15) is 68.5 Å². The number of ketones is 2. The number of aromatic nitrogens is 4. The molecule has 0 aliphatic heterocycles. The van der Waals surface area contributed by atoms with Crippen molar-refractivity contribution in [3.05, 3.63) is 167 Å². The number of methoxy groups -OCH3 is 4. The zero-order valence-electron chi connectivity index (χ0n) is 38.1. The lowest BCUT2D eigenvalue weighted by atomic mass is 10.2. The largest absolute Gasteiger partial charge is 0.497 e. The van der Waals surface area contributed by atoms with E-state index in [1.165, 1.54) is 47.2 Å². The normalized spacial score (nSPS) is 12.4. The van der Waals surface area contributed by atoms with Crippen molar-refractivity contribution in [3.63, 3.8) is 0 Å². The molecule has 6 rings (SSSR count). The van der Waals surface area contributed by atoms with Crippen LogP contribution in [0.5, 0.6) is 23.0 Å². The Balaban J connectivity index is 0.000000247. The van der Waals surface area contributed by atoms with Crippen molar-refractivity contribution < 1.29 is 45.4 Å². The van der Waals surface area contributed by atoms with Gasteiger partial charge in [0.1, 0.15) is 44.9 Å². The fourth-order valence-corrected chi connectivity index (χ4v) is 9.38. The molecule has 2 aromatic heterocycles. The van der Waals surface area contributed by atoms with Crippen LogP contribution in [-0.4, -0.2) is 95.9 Å². The number of aryl methyl sites for hydroxylation is 2. The lowest BCUT2D eigenvalue weighted by Gasteiger charge is -2.25. The maximum atomic E-state index is 13.6. The van der Waals surface area contributed by atoms with Crippen molar-refractivity contribution in [1.82, 2.24) is 28.5 Å². The zero-order chi connectivity index (χ0) is 48.0. The Morgan fingerprint density at radius 1 is 0.439 bits per heavy atom. The molecule has 0 unspecified atom stereocenters. The molecule has 16 nitrogen and oxygen atoms in total. The van der Waals surface area contributed by atoms with E-state index in [1.807, 2.05) is 0 Å². The van der Waals surface area contributed by atoms with Gasteiger partial charge >= 0.3 is 0 Å². The van der Waals surface area contributed by atoms with E-state index in [4.69, 9.17) is 18.9 Å². The average Bonchev–Trinajstić information content (AvgIpc) is 3.34. The van der Waals surface area contributed by atoms with Gasteiger partial charge in [-0.15, -0.1) is 0 Å². The highest BCUT2D eigenvalue weighted by atomic mass is 32.2. The van der Waals surface area contributed by atoms with Gasteiger partial charge in [0.2, 0.25) is 31.6 Å². The molecular weight excluding hydrogens is 885 g/mol. The summed E-state index contributed by atoms with van der Waals surface area (Å²) in [5, 5.41) is -2.66. The Morgan fingerprint density at radius 3 is 0.879 bits per heavy atom. The summed E-state index contributed by atoms with van der Waals surface area (Å²) >= 11 is 0. The molecule has 0 saturated heterocycles. The summed E-state index contributed by atoms with van der Waals surface area (Å²) in [6.07, 6.45) is 5.50. The number of rotatable bonds is 20. The maximum absolute atomic E-state index is 13.6. The van der Waals surface area contributed by atoms with Crippen molar-refractivity contribution in [2.75, 3.05) is 28.4 Å². The fraction of sp³-hybridized carbons (Fsp3) is 0.292. The highest BCUT2D eigenvalue weighted by Gasteiger charge is 2.37. The van der Waals surface area contributed by atoms with Crippen LogP contribution in [-0.2, 0) is 46.2 Å². The summed E-state index contributed by atoms with van der Waals surface area (Å²) in [5.74, 6) is 1.48. The van der Waals surface area contributed by atoms with Crippen molar-refractivity contribution in [3.8, 4) is 23.0 Å². The first-order valence-electron chi connectivity index (χ1n) is 20.6. The van der Waals surface area contributed by atoms with E-state index in [-0.39, 0.29) is 37.6 Å².